The first kappa shape index (κ1) is 22.4. The van der Waals surface area contributed by atoms with E-state index in [0.717, 1.165) is 16.5 Å². The molecule has 29 heavy (non-hydrogen) atoms. The fraction of sp³-hybridized carbons (Fsp3) is 0.286. The lowest BCUT2D eigenvalue weighted by atomic mass is 10.2. The van der Waals surface area contributed by atoms with Crippen LogP contribution in [0.15, 0.2) is 52.0 Å². The lowest BCUT2D eigenvalue weighted by molar-refractivity contribution is -0.120. The fourth-order valence-corrected chi connectivity index (χ4v) is 2.68. The first-order valence-electron chi connectivity index (χ1n) is 9.28. The standard InChI is InChI=1S/C21H24BrN3O4/c1-3-11-29-18-8-5-15(6-9-18)21(27)23-14-20(26)25-24-13-16-12-17(22)7-10-19(16)28-4-2/h5-10,12-13H,3-4,11,14H2,1-2H3,(H,23,27)(H,25,26). The second-order valence-corrected chi connectivity index (χ2v) is 6.88. The summed E-state index contributed by atoms with van der Waals surface area (Å²) in [6.07, 6.45) is 2.40. The molecule has 0 unspecified atom stereocenters. The highest BCUT2D eigenvalue weighted by Gasteiger charge is 2.08. The molecule has 2 aromatic carbocycles. The molecule has 154 valence electrons. The van der Waals surface area contributed by atoms with Crippen molar-refractivity contribution in [1.29, 1.82) is 0 Å². The summed E-state index contributed by atoms with van der Waals surface area (Å²) >= 11 is 3.39. The summed E-state index contributed by atoms with van der Waals surface area (Å²) in [5, 5.41) is 6.48. The Labute approximate surface area is 178 Å². The van der Waals surface area contributed by atoms with Crippen LogP contribution in [-0.4, -0.2) is 37.8 Å². The number of nitrogens with one attached hydrogen (secondary N) is 2. The Bertz CT molecular complexity index is 854. The van der Waals surface area contributed by atoms with Crippen molar-refractivity contribution in [2.24, 2.45) is 5.10 Å². The maximum absolute atomic E-state index is 12.1. The molecule has 0 aliphatic carbocycles. The largest absolute Gasteiger partial charge is 0.494 e. The van der Waals surface area contributed by atoms with Crippen LogP contribution >= 0.6 is 15.9 Å². The highest BCUT2D eigenvalue weighted by molar-refractivity contribution is 9.10. The first-order valence-corrected chi connectivity index (χ1v) is 10.1. The summed E-state index contributed by atoms with van der Waals surface area (Å²) in [5.41, 5.74) is 3.55. The van der Waals surface area contributed by atoms with Crippen LogP contribution in [0.3, 0.4) is 0 Å². The van der Waals surface area contributed by atoms with Gasteiger partial charge in [0.1, 0.15) is 11.5 Å². The van der Waals surface area contributed by atoms with Crippen LogP contribution in [0.2, 0.25) is 0 Å². The van der Waals surface area contributed by atoms with Gasteiger partial charge in [-0.25, -0.2) is 5.43 Å². The van der Waals surface area contributed by atoms with Crippen molar-refractivity contribution >= 4 is 34.0 Å². The lowest BCUT2D eigenvalue weighted by Crippen LogP contribution is -2.34. The zero-order valence-corrected chi connectivity index (χ0v) is 18.0. The summed E-state index contributed by atoms with van der Waals surface area (Å²) in [4.78, 5) is 24.1. The molecule has 2 N–H and O–H groups in total. The Balaban J connectivity index is 1.83. The Kier molecular flexibility index (Phi) is 9.17. The van der Waals surface area contributed by atoms with E-state index < -0.39 is 5.91 Å². The molecule has 0 aliphatic rings. The van der Waals surface area contributed by atoms with Crippen LogP contribution in [0, 0.1) is 0 Å². The van der Waals surface area contributed by atoms with Crippen molar-refractivity contribution in [1.82, 2.24) is 10.7 Å². The number of nitrogens with zero attached hydrogens (tertiary/aromatic N) is 1. The van der Waals surface area contributed by atoms with Gasteiger partial charge in [0.15, 0.2) is 0 Å². The topological polar surface area (TPSA) is 89.0 Å². The number of hydrazone groups is 1. The zero-order valence-electron chi connectivity index (χ0n) is 16.4. The van der Waals surface area contributed by atoms with Gasteiger partial charge in [-0.3, -0.25) is 9.59 Å². The smallest absolute Gasteiger partial charge is 0.259 e. The zero-order chi connectivity index (χ0) is 21.1. The molecule has 0 aromatic heterocycles. The van der Waals surface area contributed by atoms with Gasteiger partial charge in [0.2, 0.25) is 0 Å². The Hall–Kier alpha value is -2.87. The number of rotatable bonds is 10. The third-order valence-electron chi connectivity index (χ3n) is 3.66. The molecule has 7 nitrogen and oxygen atoms in total. The second kappa shape index (κ2) is 11.9. The van der Waals surface area contributed by atoms with Gasteiger partial charge in [0.25, 0.3) is 11.8 Å². The number of benzene rings is 2. The Morgan fingerprint density at radius 3 is 2.55 bits per heavy atom. The molecule has 0 saturated heterocycles. The van der Waals surface area contributed by atoms with E-state index in [1.54, 1.807) is 24.3 Å². The monoisotopic (exact) mass is 461 g/mol. The number of carbonyl (C=O) groups excluding carboxylic acids is 2. The molecular weight excluding hydrogens is 438 g/mol. The summed E-state index contributed by atoms with van der Waals surface area (Å²) in [5.74, 6) is 0.574. The van der Waals surface area contributed by atoms with Crippen molar-refractivity contribution in [3.63, 3.8) is 0 Å². The van der Waals surface area contributed by atoms with Crippen molar-refractivity contribution < 1.29 is 19.1 Å². The number of hydrogen-bond acceptors (Lipinski definition) is 5. The quantitative estimate of drug-likeness (QED) is 0.418. The van der Waals surface area contributed by atoms with Gasteiger partial charge in [-0.05, 0) is 55.8 Å². The van der Waals surface area contributed by atoms with Crippen LogP contribution in [0.5, 0.6) is 11.5 Å². The Morgan fingerprint density at radius 2 is 1.86 bits per heavy atom. The van der Waals surface area contributed by atoms with Crippen LogP contribution in [0.25, 0.3) is 0 Å². The van der Waals surface area contributed by atoms with Crippen LogP contribution < -0.4 is 20.2 Å². The van der Waals surface area contributed by atoms with E-state index in [1.165, 1.54) is 6.21 Å². The normalized spacial score (nSPS) is 10.6. The number of hydrogen-bond donors (Lipinski definition) is 2. The van der Waals surface area contributed by atoms with Gasteiger partial charge in [-0.15, -0.1) is 0 Å². The number of ether oxygens (including phenoxy) is 2. The molecule has 0 spiro atoms. The highest BCUT2D eigenvalue weighted by atomic mass is 79.9. The summed E-state index contributed by atoms with van der Waals surface area (Å²) in [6.45, 7) is 4.86. The average Bonchev–Trinajstić information content (AvgIpc) is 2.73. The summed E-state index contributed by atoms with van der Waals surface area (Å²) in [6, 6.07) is 12.3. The number of amides is 2. The molecule has 2 aromatic rings. The molecule has 2 rings (SSSR count). The molecule has 0 heterocycles. The minimum Gasteiger partial charge on any atom is -0.494 e. The predicted octanol–water partition coefficient (Wildman–Crippen LogP) is 3.52. The van der Waals surface area contributed by atoms with Gasteiger partial charge >= 0.3 is 0 Å². The Morgan fingerprint density at radius 1 is 1.10 bits per heavy atom. The van der Waals surface area contributed by atoms with Crippen molar-refractivity contribution in [2.75, 3.05) is 19.8 Å². The van der Waals surface area contributed by atoms with E-state index >= 15 is 0 Å². The van der Waals surface area contributed by atoms with Gasteiger partial charge in [0, 0.05) is 15.6 Å². The van der Waals surface area contributed by atoms with E-state index in [0.29, 0.717) is 30.3 Å². The maximum atomic E-state index is 12.1. The third-order valence-corrected chi connectivity index (χ3v) is 4.16. The molecule has 0 fully saturated rings. The summed E-state index contributed by atoms with van der Waals surface area (Å²) in [7, 11) is 0. The molecular formula is C21H24BrN3O4. The number of carbonyl (C=O) groups is 2. The average molecular weight is 462 g/mol. The van der Waals surface area contributed by atoms with Gasteiger partial charge in [-0.2, -0.15) is 5.10 Å². The lowest BCUT2D eigenvalue weighted by Gasteiger charge is -2.08. The van der Waals surface area contributed by atoms with E-state index in [-0.39, 0.29) is 12.5 Å². The predicted molar refractivity (Wildman–Crippen MR) is 116 cm³/mol. The van der Waals surface area contributed by atoms with Crippen LogP contribution in [0.4, 0.5) is 0 Å². The minimum atomic E-state index is -0.439. The molecule has 2 amide bonds. The van der Waals surface area contributed by atoms with Crippen molar-refractivity contribution in [3.8, 4) is 11.5 Å². The second-order valence-electron chi connectivity index (χ2n) is 5.96. The molecule has 0 bridgehead atoms. The van der Waals surface area contributed by atoms with E-state index in [4.69, 9.17) is 9.47 Å². The summed E-state index contributed by atoms with van der Waals surface area (Å²) < 4.78 is 11.9. The minimum absolute atomic E-state index is 0.193. The van der Waals surface area contributed by atoms with Crippen molar-refractivity contribution in [3.05, 3.63) is 58.1 Å². The first-order chi connectivity index (χ1) is 14.0. The third kappa shape index (κ3) is 7.57. The molecule has 8 heteroatoms. The van der Waals surface area contributed by atoms with Crippen molar-refractivity contribution in [2.45, 2.75) is 20.3 Å². The fourth-order valence-electron chi connectivity index (χ4n) is 2.31. The van der Waals surface area contributed by atoms with Crippen LogP contribution in [-0.2, 0) is 4.79 Å². The van der Waals surface area contributed by atoms with Gasteiger partial charge < -0.3 is 14.8 Å². The van der Waals surface area contributed by atoms with Crippen LogP contribution in [0.1, 0.15) is 36.2 Å². The van der Waals surface area contributed by atoms with Gasteiger partial charge in [-0.1, -0.05) is 22.9 Å². The highest BCUT2D eigenvalue weighted by Crippen LogP contribution is 2.21. The molecule has 0 saturated carbocycles. The molecule has 0 atom stereocenters. The van der Waals surface area contributed by atoms with E-state index in [2.05, 4.69) is 31.8 Å². The molecule has 0 radical (unpaired) electrons. The van der Waals surface area contributed by atoms with E-state index in [9.17, 15) is 9.59 Å². The van der Waals surface area contributed by atoms with Gasteiger partial charge in [0.05, 0.1) is 26.0 Å². The number of halogens is 1. The SMILES string of the molecule is CCCOc1ccc(C(=O)NCC(=O)NN=Cc2cc(Br)ccc2OCC)cc1. The van der Waals surface area contributed by atoms with E-state index in [1.807, 2.05) is 32.0 Å². The molecule has 0 aliphatic heterocycles. The maximum Gasteiger partial charge on any atom is 0.259 e.